The van der Waals surface area contributed by atoms with Gasteiger partial charge in [-0.1, -0.05) is 0 Å². The molecule has 0 saturated carbocycles. The van der Waals surface area contributed by atoms with Gasteiger partial charge in [-0.25, -0.2) is 9.59 Å². The van der Waals surface area contributed by atoms with Gasteiger partial charge < -0.3 is 29.2 Å². The number of carbonyl (C=O) groups is 2. The van der Waals surface area contributed by atoms with Crippen molar-refractivity contribution < 1.29 is 59.8 Å². The summed E-state index contributed by atoms with van der Waals surface area (Å²) in [5, 5.41) is 17.3. The summed E-state index contributed by atoms with van der Waals surface area (Å²) in [6.45, 7) is 0. The molecule has 150 valence electrons. The van der Waals surface area contributed by atoms with Crippen molar-refractivity contribution in [1.29, 1.82) is 0 Å². The van der Waals surface area contributed by atoms with E-state index in [1.165, 1.54) is 52.7 Å². The molecule has 0 unspecified atom stereocenters. The summed E-state index contributed by atoms with van der Waals surface area (Å²) in [7, 11) is 5.92. The van der Waals surface area contributed by atoms with Crippen molar-refractivity contribution >= 4 is 11.9 Å². The molecule has 2 aromatic carbocycles. The fraction of sp³-hybridized carbons (Fsp3) is 0.222. The quantitative estimate of drug-likeness (QED) is 0.556. The summed E-state index contributed by atoms with van der Waals surface area (Å²) in [6.07, 6.45) is 0. The van der Waals surface area contributed by atoms with Crippen LogP contribution in [0.15, 0.2) is 36.4 Å². The average molecular weight is 559 g/mol. The van der Waals surface area contributed by atoms with Crippen molar-refractivity contribution in [3.8, 4) is 23.0 Å². The number of hydrogen-bond acceptors (Lipinski definition) is 6. The molecule has 0 heterocycles. The number of carboxylic acid groups (broad SMARTS) is 2. The summed E-state index contributed by atoms with van der Waals surface area (Å²) in [5.74, 6) is -0.0910. The molecule has 0 spiro atoms. The van der Waals surface area contributed by atoms with E-state index in [0.717, 1.165) is 0 Å². The molecule has 2 rings (SSSR count). The van der Waals surface area contributed by atoms with Crippen LogP contribution in [0.25, 0.3) is 0 Å². The van der Waals surface area contributed by atoms with E-state index in [0.29, 0.717) is 23.0 Å². The first-order chi connectivity index (χ1) is 12.4. The third kappa shape index (κ3) is 6.83. The molecule has 0 aliphatic carbocycles. The van der Waals surface area contributed by atoms with E-state index in [2.05, 4.69) is 0 Å². The van der Waals surface area contributed by atoms with Gasteiger partial charge in [0.15, 0.2) is 23.0 Å². The molecule has 0 aliphatic heterocycles. The van der Waals surface area contributed by atoms with Gasteiger partial charge in [0.25, 0.3) is 0 Å². The third-order valence-electron chi connectivity index (χ3n) is 3.26. The largest absolute Gasteiger partial charge is 0.493 e. The van der Waals surface area contributed by atoms with E-state index in [1.807, 2.05) is 0 Å². The van der Waals surface area contributed by atoms with Crippen molar-refractivity contribution in [2.24, 2.45) is 0 Å². The summed E-state index contributed by atoms with van der Waals surface area (Å²) in [4.78, 5) is 21.1. The van der Waals surface area contributed by atoms with Crippen LogP contribution in [0.1, 0.15) is 20.7 Å². The van der Waals surface area contributed by atoms with E-state index in [1.54, 1.807) is 12.1 Å². The number of rotatable bonds is 6. The fourth-order valence-corrected chi connectivity index (χ4v) is 1.94. The van der Waals surface area contributed by atoms with E-state index in [9.17, 15) is 9.59 Å². The molecule has 0 aliphatic rings. The van der Waals surface area contributed by atoms with Crippen LogP contribution in [-0.2, 0) is 21.1 Å². The van der Waals surface area contributed by atoms with E-state index in [-0.39, 0.29) is 32.2 Å². The van der Waals surface area contributed by atoms with Crippen molar-refractivity contribution in [1.82, 2.24) is 0 Å². The number of aromatic carboxylic acids is 2. The topological polar surface area (TPSA) is 112 Å². The molecule has 0 saturated heterocycles. The minimum absolute atomic E-state index is 0. The minimum Gasteiger partial charge on any atom is -0.493 e. The zero-order chi connectivity index (χ0) is 19.7. The van der Waals surface area contributed by atoms with Crippen LogP contribution in [0.5, 0.6) is 23.0 Å². The van der Waals surface area contributed by atoms with Crippen LogP contribution in [-0.4, -0.2) is 50.6 Å². The van der Waals surface area contributed by atoms with Crippen LogP contribution >= 0.6 is 0 Å². The molecule has 0 bridgehead atoms. The maximum atomic E-state index is 10.6. The summed E-state index contributed by atoms with van der Waals surface area (Å²) in [6, 6.07) is 8.88. The molecular weight excluding hydrogens is 539 g/mol. The van der Waals surface area contributed by atoms with Crippen molar-refractivity contribution in [3.05, 3.63) is 47.5 Å². The van der Waals surface area contributed by atoms with Crippen LogP contribution in [0.2, 0.25) is 0 Å². The Balaban J connectivity index is 0.000000483. The van der Waals surface area contributed by atoms with E-state index < -0.39 is 11.9 Å². The minimum atomic E-state index is -0.985. The standard InChI is InChI=1S/2C9H10O4.Pt/c2*1-12-7-4-3-6(9(10)11)5-8(7)13-2;/h2*3-5H,1-2H3,(H,10,11);. The third-order valence-corrected chi connectivity index (χ3v) is 3.26. The van der Waals surface area contributed by atoms with Gasteiger partial charge in [-0.2, -0.15) is 0 Å². The van der Waals surface area contributed by atoms with Crippen molar-refractivity contribution in [2.45, 2.75) is 0 Å². The molecule has 0 amide bonds. The van der Waals surface area contributed by atoms with Crippen LogP contribution < -0.4 is 18.9 Å². The molecule has 2 N–H and O–H groups in total. The zero-order valence-electron chi connectivity index (χ0n) is 15.1. The van der Waals surface area contributed by atoms with Crippen LogP contribution in [0, 0.1) is 0 Å². The summed E-state index contributed by atoms with van der Waals surface area (Å²) >= 11 is 0. The Kier molecular flexibility index (Phi) is 10.6. The number of carboxylic acids is 2. The predicted molar refractivity (Wildman–Crippen MR) is 93.0 cm³/mol. The second-order valence-corrected chi connectivity index (χ2v) is 4.75. The van der Waals surface area contributed by atoms with Crippen LogP contribution in [0.3, 0.4) is 0 Å². The number of benzene rings is 2. The van der Waals surface area contributed by atoms with E-state index >= 15 is 0 Å². The Morgan fingerprint density at radius 2 is 0.926 bits per heavy atom. The molecule has 2 aromatic rings. The first-order valence-electron chi connectivity index (χ1n) is 7.28. The summed E-state index contributed by atoms with van der Waals surface area (Å²) < 4.78 is 19.8. The Hall–Kier alpha value is -2.73. The monoisotopic (exact) mass is 559 g/mol. The molecule has 0 atom stereocenters. The first kappa shape index (κ1) is 24.3. The van der Waals surface area contributed by atoms with Crippen LogP contribution in [0.4, 0.5) is 0 Å². The zero-order valence-corrected chi connectivity index (χ0v) is 17.4. The Bertz CT molecular complexity index is 710. The summed E-state index contributed by atoms with van der Waals surface area (Å²) in [5.41, 5.74) is 0.357. The van der Waals surface area contributed by atoms with Gasteiger partial charge in [0.1, 0.15) is 0 Å². The molecule has 9 heteroatoms. The SMILES string of the molecule is COc1ccc(C(=O)O)cc1OC.COc1ccc(C(=O)O)cc1OC.[Pt]. The maximum absolute atomic E-state index is 10.6. The molecule has 0 aromatic heterocycles. The second-order valence-electron chi connectivity index (χ2n) is 4.75. The van der Waals surface area contributed by atoms with Gasteiger partial charge in [-0.05, 0) is 36.4 Å². The van der Waals surface area contributed by atoms with Gasteiger partial charge in [-0.3, -0.25) is 0 Å². The first-order valence-corrected chi connectivity index (χ1v) is 7.28. The molecule has 27 heavy (non-hydrogen) atoms. The fourth-order valence-electron chi connectivity index (χ4n) is 1.94. The Morgan fingerprint density at radius 1 is 0.630 bits per heavy atom. The molecule has 0 radical (unpaired) electrons. The average Bonchev–Trinajstić information content (AvgIpc) is 2.66. The van der Waals surface area contributed by atoms with Crippen molar-refractivity contribution in [2.75, 3.05) is 28.4 Å². The molecular formula is C18H20O8Pt. The van der Waals surface area contributed by atoms with E-state index in [4.69, 9.17) is 29.2 Å². The predicted octanol–water partition coefficient (Wildman–Crippen LogP) is 2.80. The Labute approximate surface area is 170 Å². The van der Waals surface area contributed by atoms with Gasteiger partial charge in [0, 0.05) is 21.1 Å². The number of methoxy groups -OCH3 is 4. The van der Waals surface area contributed by atoms with Gasteiger partial charge in [0.05, 0.1) is 39.6 Å². The Morgan fingerprint density at radius 3 is 1.15 bits per heavy atom. The maximum Gasteiger partial charge on any atom is 0.335 e. The van der Waals surface area contributed by atoms with Gasteiger partial charge in [-0.15, -0.1) is 0 Å². The van der Waals surface area contributed by atoms with Gasteiger partial charge >= 0.3 is 11.9 Å². The second kappa shape index (κ2) is 11.8. The number of hydrogen-bond donors (Lipinski definition) is 2. The normalized spacial score (nSPS) is 9.04. The van der Waals surface area contributed by atoms with Crippen molar-refractivity contribution in [3.63, 3.8) is 0 Å². The molecule has 8 nitrogen and oxygen atoms in total. The number of ether oxygens (including phenoxy) is 4. The smallest absolute Gasteiger partial charge is 0.335 e. The van der Waals surface area contributed by atoms with Gasteiger partial charge in [0.2, 0.25) is 0 Å². The molecule has 0 fully saturated rings.